The normalized spacial score (nSPS) is 11.2. The van der Waals surface area contributed by atoms with Gasteiger partial charge in [-0.25, -0.2) is 0 Å². The summed E-state index contributed by atoms with van der Waals surface area (Å²) in [6.45, 7) is 0. The fourth-order valence-corrected chi connectivity index (χ4v) is 4.92. The van der Waals surface area contributed by atoms with E-state index in [9.17, 15) is 30.0 Å². The molecule has 42 heavy (non-hydrogen) atoms. The summed E-state index contributed by atoms with van der Waals surface area (Å²) >= 11 is 0. The van der Waals surface area contributed by atoms with Crippen LogP contribution in [0.2, 0.25) is 0 Å². The quantitative estimate of drug-likeness (QED) is 0.203. The van der Waals surface area contributed by atoms with Crippen LogP contribution in [-0.2, 0) is 0 Å². The van der Waals surface area contributed by atoms with Gasteiger partial charge in [-0.15, -0.1) is 0 Å². The standard InChI is InChI=1S/C32H22O10/c1-39-23-8-5-16(25-12-21(36)30-20(35)10-18(34)11-27(30)42-25)9-19(23)29-26(40-2)14-28-31(32(29)38)22(37)13-24(41-28)15-3-6-17(33)7-4-15/h3-14,33-35,38H,1-2H3. The molecule has 0 fully saturated rings. The first-order valence-corrected chi connectivity index (χ1v) is 12.5. The maximum atomic E-state index is 13.3. The Hall–Kier alpha value is -5.90. The van der Waals surface area contributed by atoms with Crippen molar-refractivity contribution in [2.24, 2.45) is 0 Å². The number of aromatic hydroxyl groups is 4. The zero-order valence-electron chi connectivity index (χ0n) is 22.2. The number of rotatable bonds is 5. The minimum absolute atomic E-state index is 0.0273. The van der Waals surface area contributed by atoms with Crippen LogP contribution in [0.3, 0.4) is 0 Å². The number of hydrogen-bond acceptors (Lipinski definition) is 10. The molecular formula is C32H22O10. The van der Waals surface area contributed by atoms with Crippen LogP contribution < -0.4 is 20.3 Å². The van der Waals surface area contributed by atoms with Crippen LogP contribution in [0.25, 0.3) is 55.7 Å². The fourth-order valence-electron chi connectivity index (χ4n) is 4.92. The second-order valence-electron chi connectivity index (χ2n) is 9.43. The molecule has 4 aromatic carbocycles. The van der Waals surface area contributed by atoms with E-state index in [4.69, 9.17) is 18.3 Å². The van der Waals surface area contributed by atoms with Gasteiger partial charge in [0.2, 0.25) is 0 Å². The summed E-state index contributed by atoms with van der Waals surface area (Å²) in [4.78, 5) is 26.1. The van der Waals surface area contributed by atoms with E-state index in [0.29, 0.717) is 22.4 Å². The molecule has 0 amide bonds. The van der Waals surface area contributed by atoms with Gasteiger partial charge in [-0.1, -0.05) is 0 Å². The van der Waals surface area contributed by atoms with E-state index >= 15 is 0 Å². The van der Waals surface area contributed by atoms with E-state index in [1.165, 1.54) is 50.6 Å². The third kappa shape index (κ3) is 4.31. The second-order valence-corrected chi connectivity index (χ2v) is 9.43. The highest BCUT2D eigenvalue weighted by Crippen LogP contribution is 2.47. The minimum Gasteiger partial charge on any atom is -0.508 e. The number of methoxy groups -OCH3 is 2. The molecule has 210 valence electrons. The van der Waals surface area contributed by atoms with Gasteiger partial charge < -0.3 is 38.7 Å². The molecule has 2 heterocycles. The molecule has 0 aliphatic heterocycles. The molecule has 0 saturated heterocycles. The van der Waals surface area contributed by atoms with Crippen molar-refractivity contribution >= 4 is 21.9 Å². The van der Waals surface area contributed by atoms with Crippen LogP contribution in [0.5, 0.6) is 34.5 Å². The number of benzene rings is 4. The van der Waals surface area contributed by atoms with Crippen molar-refractivity contribution < 1.29 is 38.7 Å². The zero-order chi connectivity index (χ0) is 29.7. The molecule has 0 aliphatic carbocycles. The molecule has 0 atom stereocenters. The lowest BCUT2D eigenvalue weighted by molar-refractivity contribution is 0.405. The van der Waals surface area contributed by atoms with Gasteiger partial charge in [-0.2, -0.15) is 0 Å². The average Bonchev–Trinajstić information content (AvgIpc) is 2.96. The van der Waals surface area contributed by atoms with Crippen LogP contribution in [0.4, 0.5) is 0 Å². The first-order valence-electron chi connectivity index (χ1n) is 12.5. The molecule has 0 radical (unpaired) electrons. The van der Waals surface area contributed by atoms with Gasteiger partial charge in [0.1, 0.15) is 68.0 Å². The Labute approximate surface area is 236 Å². The van der Waals surface area contributed by atoms with Crippen molar-refractivity contribution in [2.45, 2.75) is 0 Å². The van der Waals surface area contributed by atoms with Crippen molar-refractivity contribution in [1.82, 2.24) is 0 Å². The SMILES string of the molecule is COc1ccc(-c2cc(=O)c3c(O)cc(O)cc3o2)cc1-c1c(OC)cc2oc(-c3ccc(O)cc3)cc(=O)c2c1O. The van der Waals surface area contributed by atoms with Gasteiger partial charge in [0, 0.05) is 47.0 Å². The molecule has 6 rings (SSSR count). The Morgan fingerprint density at radius 1 is 0.595 bits per heavy atom. The van der Waals surface area contributed by atoms with Gasteiger partial charge in [-0.3, -0.25) is 9.59 Å². The third-order valence-corrected chi connectivity index (χ3v) is 6.88. The maximum absolute atomic E-state index is 13.3. The van der Waals surface area contributed by atoms with E-state index < -0.39 is 22.4 Å². The van der Waals surface area contributed by atoms with Crippen LogP contribution in [-0.4, -0.2) is 34.6 Å². The Morgan fingerprint density at radius 2 is 1.19 bits per heavy atom. The lowest BCUT2D eigenvalue weighted by atomic mass is 9.96. The first-order chi connectivity index (χ1) is 20.2. The zero-order valence-corrected chi connectivity index (χ0v) is 22.2. The summed E-state index contributed by atoms with van der Waals surface area (Å²) < 4.78 is 23.0. The van der Waals surface area contributed by atoms with E-state index in [2.05, 4.69) is 0 Å². The lowest BCUT2D eigenvalue weighted by Crippen LogP contribution is -2.03. The van der Waals surface area contributed by atoms with Crippen LogP contribution in [0, 0.1) is 0 Å². The van der Waals surface area contributed by atoms with Gasteiger partial charge in [0.15, 0.2) is 10.9 Å². The smallest absolute Gasteiger partial charge is 0.197 e. The Balaban J connectivity index is 1.57. The molecule has 0 spiro atoms. The van der Waals surface area contributed by atoms with E-state index in [1.54, 1.807) is 30.3 Å². The summed E-state index contributed by atoms with van der Waals surface area (Å²) in [5, 5.41) is 40.9. The second kappa shape index (κ2) is 9.93. The largest absolute Gasteiger partial charge is 0.508 e. The molecule has 0 aliphatic rings. The van der Waals surface area contributed by atoms with Crippen LogP contribution >= 0.6 is 0 Å². The molecule has 10 nitrogen and oxygen atoms in total. The lowest BCUT2D eigenvalue weighted by Gasteiger charge is -2.17. The van der Waals surface area contributed by atoms with Gasteiger partial charge in [0.05, 0.1) is 19.8 Å². The highest BCUT2D eigenvalue weighted by Gasteiger charge is 2.24. The molecule has 0 bridgehead atoms. The number of hydrogen-bond donors (Lipinski definition) is 4. The molecule has 0 unspecified atom stereocenters. The Kier molecular flexibility index (Phi) is 6.23. The summed E-state index contributed by atoms with van der Waals surface area (Å²) in [6.07, 6.45) is 0. The molecule has 0 saturated carbocycles. The Bertz CT molecular complexity index is 2140. The molecule has 2 aromatic heterocycles. The molecule has 10 heteroatoms. The van der Waals surface area contributed by atoms with Crippen molar-refractivity contribution in [1.29, 1.82) is 0 Å². The maximum Gasteiger partial charge on any atom is 0.197 e. The number of fused-ring (bicyclic) bond motifs is 2. The summed E-state index contributed by atoms with van der Waals surface area (Å²) in [6, 6.07) is 17.1. The third-order valence-electron chi connectivity index (χ3n) is 6.88. The van der Waals surface area contributed by atoms with Crippen molar-refractivity contribution in [3.05, 3.63) is 93.2 Å². The number of phenolic OH excluding ortho intramolecular Hbond substituents is 4. The van der Waals surface area contributed by atoms with Gasteiger partial charge >= 0.3 is 0 Å². The van der Waals surface area contributed by atoms with Crippen molar-refractivity contribution in [3.63, 3.8) is 0 Å². The molecular weight excluding hydrogens is 544 g/mol. The van der Waals surface area contributed by atoms with Crippen LogP contribution in [0.15, 0.2) is 91.2 Å². The predicted octanol–water partition coefficient (Wildman–Crippen LogP) is 5.74. The van der Waals surface area contributed by atoms with Crippen molar-refractivity contribution in [2.75, 3.05) is 14.2 Å². The van der Waals surface area contributed by atoms with E-state index in [-0.39, 0.29) is 56.3 Å². The van der Waals surface area contributed by atoms with E-state index in [0.717, 1.165) is 6.07 Å². The summed E-state index contributed by atoms with van der Waals surface area (Å²) in [7, 11) is 2.83. The fraction of sp³-hybridized carbons (Fsp3) is 0.0625. The predicted molar refractivity (Wildman–Crippen MR) is 155 cm³/mol. The average molecular weight is 567 g/mol. The van der Waals surface area contributed by atoms with Gasteiger partial charge in [-0.05, 0) is 42.5 Å². The van der Waals surface area contributed by atoms with Crippen LogP contribution in [0.1, 0.15) is 0 Å². The first kappa shape index (κ1) is 26.3. The number of ether oxygens (including phenoxy) is 2. The monoisotopic (exact) mass is 566 g/mol. The van der Waals surface area contributed by atoms with Crippen molar-refractivity contribution in [3.8, 4) is 68.3 Å². The van der Waals surface area contributed by atoms with E-state index in [1.807, 2.05) is 0 Å². The highest BCUT2D eigenvalue weighted by atomic mass is 16.5. The number of phenols is 4. The Morgan fingerprint density at radius 3 is 1.86 bits per heavy atom. The topological polar surface area (TPSA) is 160 Å². The summed E-state index contributed by atoms with van der Waals surface area (Å²) in [5.41, 5.74) is 0.373. The highest BCUT2D eigenvalue weighted by molar-refractivity contribution is 5.97. The van der Waals surface area contributed by atoms with Gasteiger partial charge in [0.25, 0.3) is 0 Å². The minimum atomic E-state index is -0.533. The molecule has 4 N–H and O–H groups in total. The summed E-state index contributed by atoms with van der Waals surface area (Å²) in [5.74, 6) is -0.246. The molecule has 6 aromatic rings.